The van der Waals surface area contributed by atoms with Crippen LogP contribution in [0.4, 0.5) is 0 Å². The Hall–Kier alpha value is -1.91. The van der Waals surface area contributed by atoms with Crippen LogP contribution < -0.4 is 5.32 Å². The van der Waals surface area contributed by atoms with Gasteiger partial charge in [0.1, 0.15) is 0 Å². The lowest BCUT2D eigenvalue weighted by atomic mass is 10.2. The summed E-state index contributed by atoms with van der Waals surface area (Å²) in [6.45, 7) is 3.98. The Bertz CT molecular complexity index is 472. The van der Waals surface area contributed by atoms with E-state index in [0.29, 0.717) is 11.5 Å². The summed E-state index contributed by atoms with van der Waals surface area (Å²) in [6.07, 6.45) is 2.55. The Morgan fingerprint density at radius 2 is 2.44 bits per heavy atom. The molecule has 2 rings (SSSR count). The summed E-state index contributed by atoms with van der Waals surface area (Å²) in [6, 6.07) is 3.79. The first-order valence-electron chi connectivity index (χ1n) is 5.32. The lowest BCUT2D eigenvalue weighted by Gasteiger charge is -2.08. The predicted octanol–water partition coefficient (Wildman–Crippen LogP) is 1.49. The van der Waals surface area contributed by atoms with Crippen molar-refractivity contribution in [2.45, 2.75) is 26.3 Å². The fourth-order valence-corrected chi connectivity index (χ4v) is 1.35. The van der Waals surface area contributed by atoms with Crippen molar-refractivity contribution in [3.8, 4) is 0 Å². The highest BCUT2D eigenvalue weighted by atomic mass is 16.2. The van der Waals surface area contributed by atoms with Gasteiger partial charge in [0.15, 0.2) is 11.5 Å². The molecule has 0 spiro atoms. The molecule has 2 N–H and O–H groups in total. The van der Waals surface area contributed by atoms with Crippen molar-refractivity contribution >= 4 is 17.1 Å². The summed E-state index contributed by atoms with van der Waals surface area (Å²) in [5.74, 6) is 0.126. The Labute approximate surface area is 93.3 Å². The third-order valence-electron chi connectivity index (χ3n) is 2.46. The number of H-pyrrole nitrogens is 1. The van der Waals surface area contributed by atoms with Gasteiger partial charge in [0.05, 0.1) is 5.52 Å². The number of imidazole rings is 1. The molecule has 0 fully saturated rings. The molecule has 2 aromatic rings. The number of amides is 1. The number of pyridine rings is 1. The molecule has 5 nitrogen and oxygen atoms in total. The molecule has 0 aliphatic heterocycles. The van der Waals surface area contributed by atoms with E-state index >= 15 is 0 Å². The van der Waals surface area contributed by atoms with Crippen LogP contribution in [0.3, 0.4) is 0 Å². The van der Waals surface area contributed by atoms with Crippen LogP contribution in [0, 0.1) is 0 Å². The fraction of sp³-hybridized carbons (Fsp3) is 0.364. The van der Waals surface area contributed by atoms with Crippen LogP contribution in [0.2, 0.25) is 0 Å². The molecule has 16 heavy (non-hydrogen) atoms. The highest BCUT2D eigenvalue weighted by Crippen LogP contribution is 2.07. The number of hydrogen-bond acceptors (Lipinski definition) is 3. The van der Waals surface area contributed by atoms with Crippen LogP contribution in [-0.2, 0) is 0 Å². The summed E-state index contributed by atoms with van der Waals surface area (Å²) in [5.41, 5.74) is 1.34. The van der Waals surface area contributed by atoms with Gasteiger partial charge >= 0.3 is 0 Å². The zero-order chi connectivity index (χ0) is 11.5. The number of hydrogen-bond donors (Lipinski definition) is 2. The lowest BCUT2D eigenvalue weighted by Crippen LogP contribution is -2.32. The second kappa shape index (κ2) is 4.30. The average Bonchev–Trinajstić information content (AvgIpc) is 2.72. The maximum atomic E-state index is 11.8. The molecule has 0 saturated heterocycles. The maximum absolute atomic E-state index is 11.8. The third kappa shape index (κ3) is 2.03. The van der Waals surface area contributed by atoms with E-state index in [0.717, 1.165) is 11.9 Å². The first kappa shape index (κ1) is 10.6. The topological polar surface area (TPSA) is 70.7 Å². The summed E-state index contributed by atoms with van der Waals surface area (Å²) < 4.78 is 0. The van der Waals surface area contributed by atoms with Crippen LogP contribution in [0.5, 0.6) is 0 Å². The predicted molar refractivity (Wildman–Crippen MR) is 61.1 cm³/mol. The molecule has 84 valence electrons. The Morgan fingerprint density at radius 3 is 3.12 bits per heavy atom. The SMILES string of the molecule is CCC(C)NC(=O)c1nc2ncccc2[nH]1. The number of aromatic amines is 1. The normalized spacial score (nSPS) is 12.6. The fourth-order valence-electron chi connectivity index (χ4n) is 1.35. The molecule has 0 saturated carbocycles. The minimum Gasteiger partial charge on any atom is -0.347 e. The second-order valence-electron chi connectivity index (χ2n) is 3.74. The van der Waals surface area contributed by atoms with E-state index < -0.39 is 0 Å². The van der Waals surface area contributed by atoms with Crippen molar-refractivity contribution in [2.24, 2.45) is 0 Å². The summed E-state index contributed by atoms with van der Waals surface area (Å²) in [4.78, 5) is 22.9. The molecule has 0 aliphatic carbocycles. The van der Waals surface area contributed by atoms with Crippen LogP contribution in [-0.4, -0.2) is 26.9 Å². The van der Waals surface area contributed by atoms with E-state index in [-0.39, 0.29) is 11.9 Å². The lowest BCUT2D eigenvalue weighted by molar-refractivity contribution is 0.0930. The first-order chi connectivity index (χ1) is 7.70. The van der Waals surface area contributed by atoms with Crippen molar-refractivity contribution in [1.82, 2.24) is 20.3 Å². The van der Waals surface area contributed by atoms with E-state index in [2.05, 4.69) is 20.3 Å². The van der Waals surface area contributed by atoms with Gasteiger partial charge in [-0.15, -0.1) is 0 Å². The van der Waals surface area contributed by atoms with Gasteiger partial charge in [-0.05, 0) is 25.5 Å². The van der Waals surface area contributed by atoms with Gasteiger partial charge in [-0.25, -0.2) is 9.97 Å². The molecule has 1 unspecified atom stereocenters. The summed E-state index contributed by atoms with van der Waals surface area (Å²) in [5, 5.41) is 2.85. The van der Waals surface area contributed by atoms with Crippen LogP contribution in [0.25, 0.3) is 11.2 Å². The minimum absolute atomic E-state index is 0.147. The molecular weight excluding hydrogens is 204 g/mol. The highest BCUT2D eigenvalue weighted by molar-refractivity contribution is 5.93. The van der Waals surface area contributed by atoms with Gasteiger partial charge in [-0.3, -0.25) is 4.79 Å². The number of carbonyl (C=O) groups is 1. The summed E-state index contributed by atoms with van der Waals surface area (Å²) in [7, 11) is 0. The van der Waals surface area contributed by atoms with Crippen molar-refractivity contribution in [3.05, 3.63) is 24.2 Å². The number of carbonyl (C=O) groups excluding carboxylic acids is 1. The van der Waals surface area contributed by atoms with E-state index in [1.165, 1.54) is 0 Å². The smallest absolute Gasteiger partial charge is 0.287 e. The second-order valence-corrected chi connectivity index (χ2v) is 3.74. The Morgan fingerprint density at radius 1 is 1.62 bits per heavy atom. The highest BCUT2D eigenvalue weighted by Gasteiger charge is 2.13. The van der Waals surface area contributed by atoms with Crippen molar-refractivity contribution in [3.63, 3.8) is 0 Å². The quantitative estimate of drug-likeness (QED) is 0.819. The van der Waals surface area contributed by atoms with Gasteiger partial charge in [0.25, 0.3) is 5.91 Å². The first-order valence-corrected chi connectivity index (χ1v) is 5.32. The van der Waals surface area contributed by atoms with E-state index in [4.69, 9.17) is 0 Å². The Balaban J connectivity index is 2.23. The van der Waals surface area contributed by atoms with Crippen molar-refractivity contribution < 1.29 is 4.79 Å². The van der Waals surface area contributed by atoms with Crippen molar-refractivity contribution in [1.29, 1.82) is 0 Å². The zero-order valence-corrected chi connectivity index (χ0v) is 9.32. The monoisotopic (exact) mass is 218 g/mol. The molecule has 5 heteroatoms. The van der Waals surface area contributed by atoms with Gasteiger partial charge in [-0.1, -0.05) is 6.92 Å². The number of aromatic nitrogens is 3. The van der Waals surface area contributed by atoms with E-state index in [9.17, 15) is 4.79 Å². The molecule has 0 aromatic carbocycles. The number of rotatable bonds is 3. The van der Waals surface area contributed by atoms with Gasteiger partial charge in [0.2, 0.25) is 0 Å². The minimum atomic E-state index is -0.188. The third-order valence-corrected chi connectivity index (χ3v) is 2.46. The zero-order valence-electron chi connectivity index (χ0n) is 9.32. The maximum Gasteiger partial charge on any atom is 0.287 e. The van der Waals surface area contributed by atoms with Gasteiger partial charge in [0, 0.05) is 12.2 Å². The number of nitrogens with one attached hydrogen (secondary N) is 2. The largest absolute Gasteiger partial charge is 0.347 e. The molecular formula is C11H14N4O. The van der Waals surface area contributed by atoms with Gasteiger partial charge in [-0.2, -0.15) is 0 Å². The average molecular weight is 218 g/mol. The van der Waals surface area contributed by atoms with Crippen LogP contribution in [0.1, 0.15) is 30.9 Å². The number of nitrogens with zero attached hydrogens (tertiary/aromatic N) is 2. The summed E-state index contributed by atoms with van der Waals surface area (Å²) >= 11 is 0. The van der Waals surface area contributed by atoms with Gasteiger partial charge < -0.3 is 10.3 Å². The standard InChI is InChI=1S/C11H14N4O/c1-3-7(2)13-11(16)10-14-8-5-4-6-12-9(8)15-10/h4-7H,3H2,1-2H3,(H,13,16)(H,12,14,15). The molecule has 0 bridgehead atoms. The van der Waals surface area contributed by atoms with E-state index in [1.807, 2.05) is 19.9 Å². The van der Waals surface area contributed by atoms with E-state index in [1.54, 1.807) is 12.3 Å². The Kier molecular flexibility index (Phi) is 2.85. The molecule has 0 aliphatic rings. The molecule has 1 amide bonds. The molecule has 2 aromatic heterocycles. The van der Waals surface area contributed by atoms with Crippen LogP contribution >= 0.6 is 0 Å². The molecule has 1 atom stereocenters. The molecule has 2 heterocycles. The van der Waals surface area contributed by atoms with Crippen molar-refractivity contribution in [2.75, 3.05) is 0 Å². The number of fused-ring (bicyclic) bond motifs is 1. The molecule has 0 radical (unpaired) electrons. The van der Waals surface area contributed by atoms with Crippen LogP contribution in [0.15, 0.2) is 18.3 Å².